The van der Waals surface area contributed by atoms with Crippen LogP contribution in [0.3, 0.4) is 0 Å². The Hall–Kier alpha value is -2.86. The molecule has 3 rings (SSSR count). The molecule has 11 heteroatoms. The van der Waals surface area contributed by atoms with Crippen LogP contribution in [0.25, 0.3) is 0 Å². The molecule has 0 saturated carbocycles. The summed E-state index contributed by atoms with van der Waals surface area (Å²) in [5.41, 5.74) is -0.895. The maximum Gasteiger partial charge on any atom is 0.330 e. The molecule has 0 radical (unpaired) electrons. The van der Waals surface area contributed by atoms with Crippen molar-refractivity contribution in [3.63, 3.8) is 0 Å². The van der Waals surface area contributed by atoms with Crippen LogP contribution in [0, 0.1) is 16.0 Å². The first-order chi connectivity index (χ1) is 15.2. The lowest BCUT2D eigenvalue weighted by Crippen LogP contribution is -2.34. The molecule has 2 aromatic rings. The van der Waals surface area contributed by atoms with Gasteiger partial charge in [-0.2, -0.15) is 0 Å². The second kappa shape index (κ2) is 10.2. The zero-order valence-electron chi connectivity index (χ0n) is 17.8. The first-order valence-electron chi connectivity index (χ1n) is 10.3. The van der Waals surface area contributed by atoms with Crippen LogP contribution < -0.4 is 11.2 Å². The van der Waals surface area contributed by atoms with E-state index in [1.807, 2.05) is 13.8 Å². The van der Waals surface area contributed by atoms with Crippen LogP contribution in [-0.2, 0) is 16.1 Å². The van der Waals surface area contributed by atoms with Crippen molar-refractivity contribution in [3.8, 4) is 0 Å². The zero-order valence-corrected chi connectivity index (χ0v) is 17.8. The fraction of sp³-hybridized carbons (Fsp3) is 0.524. The summed E-state index contributed by atoms with van der Waals surface area (Å²) in [6, 6.07) is 6.29. The summed E-state index contributed by atoms with van der Waals surface area (Å²) in [6.07, 6.45) is -1.41. The normalized spacial score (nSPS) is 21.7. The summed E-state index contributed by atoms with van der Waals surface area (Å²) in [7, 11) is 0. The van der Waals surface area contributed by atoms with Crippen LogP contribution in [0.5, 0.6) is 0 Å². The largest absolute Gasteiger partial charge is 0.394 e. The van der Waals surface area contributed by atoms with Crippen molar-refractivity contribution in [2.45, 2.75) is 57.8 Å². The Labute approximate surface area is 183 Å². The quantitative estimate of drug-likeness (QED) is 0.383. The maximum atomic E-state index is 12.4. The van der Waals surface area contributed by atoms with Crippen LogP contribution in [0.4, 0.5) is 5.69 Å². The molecular formula is C21H27N3O8. The van der Waals surface area contributed by atoms with E-state index in [0.29, 0.717) is 12.0 Å². The minimum atomic E-state index is -0.947. The molecule has 3 N–H and O–H groups in total. The highest BCUT2D eigenvalue weighted by Crippen LogP contribution is 2.33. The number of aliphatic hydroxyl groups is 2. The summed E-state index contributed by atoms with van der Waals surface area (Å²) in [4.78, 5) is 37.8. The van der Waals surface area contributed by atoms with E-state index < -0.39 is 47.3 Å². The van der Waals surface area contributed by atoms with Crippen molar-refractivity contribution >= 4 is 5.69 Å². The first kappa shape index (κ1) is 23.8. The molecule has 2 heterocycles. The Kier molecular flexibility index (Phi) is 7.56. The molecule has 0 amide bonds. The average molecular weight is 449 g/mol. The van der Waals surface area contributed by atoms with Crippen LogP contribution in [0.15, 0.2) is 40.1 Å². The molecule has 0 aliphatic carbocycles. The maximum absolute atomic E-state index is 12.4. The zero-order chi connectivity index (χ0) is 23.4. The number of aromatic nitrogens is 2. The van der Waals surface area contributed by atoms with Gasteiger partial charge in [-0.3, -0.25) is 24.5 Å². The summed E-state index contributed by atoms with van der Waals surface area (Å²) in [6.45, 7) is 3.31. The number of nitrogens with one attached hydrogen (secondary N) is 1. The Balaban J connectivity index is 1.86. The van der Waals surface area contributed by atoms with Gasteiger partial charge < -0.3 is 19.7 Å². The summed E-state index contributed by atoms with van der Waals surface area (Å²) < 4.78 is 12.6. The molecule has 1 aliphatic heterocycles. The van der Waals surface area contributed by atoms with Gasteiger partial charge in [-0.25, -0.2) is 4.79 Å². The van der Waals surface area contributed by atoms with Gasteiger partial charge in [0, 0.05) is 18.7 Å². The number of nitro benzene ring substituents is 1. The van der Waals surface area contributed by atoms with Crippen molar-refractivity contribution in [3.05, 3.63) is 72.5 Å². The Morgan fingerprint density at radius 3 is 2.69 bits per heavy atom. The number of H-pyrrole nitrogens is 1. The van der Waals surface area contributed by atoms with E-state index in [9.17, 15) is 29.9 Å². The number of para-hydroxylation sites is 1. The molecule has 0 unspecified atom stereocenters. The standard InChI is InChI=1S/C21H27N3O8/c1-12(2)7-17(14-5-3-4-6-15(14)24(29)30)31-11-13-9-23(21(28)22-20(13)27)19-8-16(26)18(10-25)32-19/h3-6,9,12,16-19,25-26H,7-8,10-11H2,1-2H3,(H,22,27,28)/t16-,17+,18-,19-/m1/s1. The summed E-state index contributed by atoms with van der Waals surface area (Å²) in [5.74, 6) is 0.163. The second-order valence-corrected chi connectivity index (χ2v) is 8.18. The molecule has 1 saturated heterocycles. The van der Waals surface area contributed by atoms with Gasteiger partial charge >= 0.3 is 5.69 Å². The van der Waals surface area contributed by atoms with E-state index in [4.69, 9.17) is 9.47 Å². The van der Waals surface area contributed by atoms with Crippen molar-refractivity contribution in [2.24, 2.45) is 5.92 Å². The van der Waals surface area contributed by atoms with Gasteiger partial charge in [-0.1, -0.05) is 26.0 Å². The van der Waals surface area contributed by atoms with E-state index in [2.05, 4.69) is 4.98 Å². The molecule has 174 valence electrons. The number of ether oxygens (including phenoxy) is 2. The molecule has 4 atom stereocenters. The molecular weight excluding hydrogens is 422 g/mol. The van der Waals surface area contributed by atoms with Gasteiger partial charge in [0.1, 0.15) is 12.3 Å². The van der Waals surface area contributed by atoms with E-state index in [1.54, 1.807) is 18.2 Å². The third-order valence-corrected chi connectivity index (χ3v) is 5.34. The molecule has 0 bridgehead atoms. The fourth-order valence-electron chi connectivity index (χ4n) is 3.72. The van der Waals surface area contributed by atoms with E-state index in [0.717, 1.165) is 4.57 Å². The van der Waals surface area contributed by atoms with Gasteiger partial charge in [0.25, 0.3) is 11.2 Å². The van der Waals surface area contributed by atoms with E-state index >= 15 is 0 Å². The number of hydrogen-bond acceptors (Lipinski definition) is 8. The number of nitrogens with zero attached hydrogens (tertiary/aromatic N) is 2. The average Bonchev–Trinajstić information content (AvgIpc) is 3.12. The van der Waals surface area contributed by atoms with Crippen LogP contribution in [0.1, 0.15) is 50.1 Å². The number of rotatable bonds is 9. The summed E-state index contributed by atoms with van der Waals surface area (Å²) >= 11 is 0. The number of benzene rings is 1. The highest BCUT2D eigenvalue weighted by Gasteiger charge is 2.35. The van der Waals surface area contributed by atoms with Gasteiger partial charge in [0.2, 0.25) is 0 Å². The van der Waals surface area contributed by atoms with Crippen molar-refractivity contribution in [1.82, 2.24) is 9.55 Å². The molecule has 1 fully saturated rings. The van der Waals surface area contributed by atoms with Gasteiger partial charge in [0.05, 0.1) is 41.5 Å². The van der Waals surface area contributed by atoms with Crippen molar-refractivity contribution < 1.29 is 24.6 Å². The number of hydrogen-bond donors (Lipinski definition) is 3. The predicted molar refractivity (Wildman–Crippen MR) is 113 cm³/mol. The Bertz CT molecular complexity index is 1060. The number of aromatic amines is 1. The third kappa shape index (κ3) is 5.30. The van der Waals surface area contributed by atoms with Crippen LogP contribution in [0.2, 0.25) is 0 Å². The molecule has 32 heavy (non-hydrogen) atoms. The van der Waals surface area contributed by atoms with Gasteiger partial charge in [-0.15, -0.1) is 0 Å². The van der Waals surface area contributed by atoms with Gasteiger partial charge in [0.15, 0.2) is 0 Å². The molecule has 1 aliphatic rings. The SMILES string of the molecule is CC(C)C[C@H](OCc1cn([C@H]2C[C@@H](O)[C@@H](CO)O2)c(=O)[nH]c1=O)c1ccccc1[N+](=O)[O-]. The van der Waals surface area contributed by atoms with E-state index in [1.165, 1.54) is 12.3 Å². The Morgan fingerprint density at radius 2 is 2.06 bits per heavy atom. The smallest absolute Gasteiger partial charge is 0.330 e. The molecule has 11 nitrogen and oxygen atoms in total. The van der Waals surface area contributed by atoms with E-state index in [-0.39, 0.29) is 30.2 Å². The minimum Gasteiger partial charge on any atom is -0.394 e. The summed E-state index contributed by atoms with van der Waals surface area (Å²) in [5, 5.41) is 30.7. The second-order valence-electron chi connectivity index (χ2n) is 8.18. The van der Waals surface area contributed by atoms with Gasteiger partial charge in [-0.05, 0) is 18.4 Å². The minimum absolute atomic E-state index is 0.0691. The fourth-order valence-corrected chi connectivity index (χ4v) is 3.72. The molecule has 1 aromatic carbocycles. The lowest BCUT2D eigenvalue weighted by Gasteiger charge is -2.21. The lowest BCUT2D eigenvalue weighted by molar-refractivity contribution is -0.386. The molecule has 1 aromatic heterocycles. The van der Waals surface area contributed by atoms with Crippen LogP contribution >= 0.6 is 0 Å². The monoisotopic (exact) mass is 449 g/mol. The topological polar surface area (TPSA) is 157 Å². The van der Waals surface area contributed by atoms with Crippen molar-refractivity contribution in [1.29, 1.82) is 0 Å². The van der Waals surface area contributed by atoms with Crippen LogP contribution in [-0.4, -0.2) is 43.5 Å². The predicted octanol–water partition coefficient (Wildman–Crippen LogP) is 1.39. The number of aliphatic hydroxyl groups excluding tert-OH is 2. The number of nitro groups is 1. The first-order valence-corrected chi connectivity index (χ1v) is 10.3. The lowest BCUT2D eigenvalue weighted by atomic mass is 9.98. The highest BCUT2D eigenvalue weighted by atomic mass is 16.6. The third-order valence-electron chi connectivity index (χ3n) is 5.34. The van der Waals surface area contributed by atoms with Crippen molar-refractivity contribution in [2.75, 3.05) is 6.61 Å². The molecule has 0 spiro atoms. The Morgan fingerprint density at radius 1 is 1.34 bits per heavy atom. The highest BCUT2D eigenvalue weighted by molar-refractivity contribution is 5.41.